The Bertz CT molecular complexity index is 163. The highest BCUT2D eigenvalue weighted by atomic mass is 15.1. The molecule has 56 valence electrons. The van der Waals surface area contributed by atoms with Gasteiger partial charge in [0.25, 0.3) is 0 Å². The van der Waals surface area contributed by atoms with Crippen molar-refractivity contribution in [1.82, 2.24) is 4.90 Å². The number of rotatable bonds is 2. The van der Waals surface area contributed by atoms with Gasteiger partial charge in [-0.15, -0.1) is 0 Å². The van der Waals surface area contributed by atoms with Gasteiger partial charge >= 0.3 is 0 Å². The van der Waals surface area contributed by atoms with Crippen LogP contribution < -0.4 is 0 Å². The molecule has 0 rings (SSSR count). The largest absolute Gasteiger partial charge is 0.291 e. The van der Waals surface area contributed by atoms with E-state index in [9.17, 15) is 0 Å². The number of hydrogen-bond acceptors (Lipinski definition) is 2. The Morgan fingerprint density at radius 2 is 2.10 bits per heavy atom. The molecule has 0 heterocycles. The van der Waals surface area contributed by atoms with Crippen LogP contribution in [0.2, 0.25) is 0 Å². The fourth-order valence-electron chi connectivity index (χ4n) is 0.782. The maximum absolute atomic E-state index is 8.67. The first-order valence-corrected chi connectivity index (χ1v) is 3.32. The van der Waals surface area contributed by atoms with Gasteiger partial charge in [-0.3, -0.25) is 4.90 Å². The van der Waals surface area contributed by atoms with Crippen molar-refractivity contribution < 1.29 is 0 Å². The molecule has 1 unspecified atom stereocenters. The third-order valence-electron chi connectivity index (χ3n) is 1.53. The van der Waals surface area contributed by atoms with Crippen LogP contribution in [0.5, 0.6) is 0 Å². The van der Waals surface area contributed by atoms with Crippen molar-refractivity contribution in [3.8, 4) is 6.07 Å². The molecule has 0 bridgehead atoms. The lowest BCUT2D eigenvalue weighted by molar-refractivity contribution is 0.384. The van der Waals surface area contributed by atoms with Crippen LogP contribution in [0.3, 0.4) is 0 Å². The summed E-state index contributed by atoms with van der Waals surface area (Å²) in [5.74, 6) is 0. The SMILES string of the molecule is C/C=C(\C)C(C#N)N(C)C. The monoisotopic (exact) mass is 138 g/mol. The average Bonchev–Trinajstić information content (AvgIpc) is 1.88. The Morgan fingerprint density at radius 3 is 2.20 bits per heavy atom. The van der Waals surface area contributed by atoms with Gasteiger partial charge in [-0.1, -0.05) is 6.08 Å². The summed E-state index contributed by atoms with van der Waals surface area (Å²) in [6, 6.07) is 2.14. The minimum atomic E-state index is -0.0648. The lowest BCUT2D eigenvalue weighted by Crippen LogP contribution is -2.27. The highest BCUT2D eigenvalue weighted by Crippen LogP contribution is 2.04. The van der Waals surface area contributed by atoms with Crippen LogP contribution >= 0.6 is 0 Å². The fourth-order valence-corrected chi connectivity index (χ4v) is 0.782. The zero-order chi connectivity index (χ0) is 8.15. The molecule has 0 aliphatic rings. The second kappa shape index (κ2) is 4.08. The molecule has 0 aromatic rings. The summed E-state index contributed by atoms with van der Waals surface area (Å²) in [5.41, 5.74) is 1.10. The number of allylic oxidation sites excluding steroid dienone is 1. The van der Waals surface area contributed by atoms with Crippen LogP contribution in [0.4, 0.5) is 0 Å². The molecule has 0 spiro atoms. The van der Waals surface area contributed by atoms with E-state index in [2.05, 4.69) is 6.07 Å². The van der Waals surface area contributed by atoms with Crippen molar-refractivity contribution in [2.24, 2.45) is 0 Å². The molecular weight excluding hydrogens is 124 g/mol. The van der Waals surface area contributed by atoms with E-state index in [1.165, 1.54) is 0 Å². The lowest BCUT2D eigenvalue weighted by Gasteiger charge is -2.16. The van der Waals surface area contributed by atoms with Gasteiger partial charge in [0.05, 0.1) is 6.07 Å². The topological polar surface area (TPSA) is 27.0 Å². The van der Waals surface area contributed by atoms with Crippen LogP contribution in [0.25, 0.3) is 0 Å². The van der Waals surface area contributed by atoms with Gasteiger partial charge in [0.15, 0.2) is 0 Å². The van der Waals surface area contributed by atoms with Gasteiger partial charge in [0, 0.05) is 0 Å². The summed E-state index contributed by atoms with van der Waals surface area (Å²) in [4.78, 5) is 1.90. The van der Waals surface area contributed by atoms with Crippen molar-refractivity contribution in [2.45, 2.75) is 19.9 Å². The van der Waals surface area contributed by atoms with Crippen LogP contribution in [-0.4, -0.2) is 25.0 Å². The summed E-state index contributed by atoms with van der Waals surface area (Å²) in [7, 11) is 3.81. The maximum Gasteiger partial charge on any atom is 0.119 e. The second-order valence-electron chi connectivity index (χ2n) is 2.53. The fraction of sp³-hybridized carbons (Fsp3) is 0.625. The van der Waals surface area contributed by atoms with Crippen molar-refractivity contribution >= 4 is 0 Å². The zero-order valence-corrected chi connectivity index (χ0v) is 7.05. The van der Waals surface area contributed by atoms with E-state index in [-0.39, 0.29) is 6.04 Å². The smallest absolute Gasteiger partial charge is 0.119 e. The van der Waals surface area contributed by atoms with E-state index in [0.717, 1.165) is 5.57 Å². The quantitative estimate of drug-likeness (QED) is 0.539. The van der Waals surface area contributed by atoms with Gasteiger partial charge in [0.1, 0.15) is 6.04 Å². The summed E-state index contributed by atoms with van der Waals surface area (Å²) in [6.45, 7) is 3.91. The zero-order valence-electron chi connectivity index (χ0n) is 7.05. The Labute approximate surface area is 62.8 Å². The average molecular weight is 138 g/mol. The minimum Gasteiger partial charge on any atom is -0.291 e. The first-order valence-electron chi connectivity index (χ1n) is 3.32. The summed E-state index contributed by atoms with van der Waals surface area (Å²) in [5, 5.41) is 8.67. The van der Waals surface area contributed by atoms with E-state index >= 15 is 0 Å². The first kappa shape index (κ1) is 9.19. The molecule has 0 radical (unpaired) electrons. The molecule has 0 aliphatic carbocycles. The van der Waals surface area contributed by atoms with Gasteiger partial charge in [-0.05, 0) is 33.5 Å². The summed E-state index contributed by atoms with van der Waals surface area (Å²) in [6.07, 6.45) is 1.97. The van der Waals surface area contributed by atoms with E-state index in [0.29, 0.717) is 0 Å². The Kier molecular flexibility index (Phi) is 3.75. The van der Waals surface area contributed by atoms with E-state index in [4.69, 9.17) is 5.26 Å². The Morgan fingerprint density at radius 1 is 1.60 bits per heavy atom. The number of likely N-dealkylation sites (N-methyl/N-ethyl adjacent to an activating group) is 1. The highest BCUT2D eigenvalue weighted by molar-refractivity contribution is 5.15. The van der Waals surface area contributed by atoms with Crippen molar-refractivity contribution in [3.05, 3.63) is 11.6 Å². The molecule has 0 aromatic heterocycles. The molecule has 0 N–H and O–H groups in total. The normalized spacial score (nSPS) is 15.0. The lowest BCUT2D eigenvalue weighted by atomic mass is 10.1. The highest BCUT2D eigenvalue weighted by Gasteiger charge is 2.09. The Hall–Kier alpha value is -0.810. The Balaban J connectivity index is 4.26. The van der Waals surface area contributed by atoms with E-state index in [1.807, 2.05) is 38.9 Å². The molecular formula is C8H14N2. The van der Waals surface area contributed by atoms with Gasteiger partial charge < -0.3 is 0 Å². The third-order valence-corrected chi connectivity index (χ3v) is 1.53. The van der Waals surface area contributed by atoms with E-state index in [1.54, 1.807) is 0 Å². The summed E-state index contributed by atoms with van der Waals surface area (Å²) < 4.78 is 0. The molecule has 0 aromatic carbocycles. The minimum absolute atomic E-state index is 0.0648. The van der Waals surface area contributed by atoms with Crippen LogP contribution in [0.1, 0.15) is 13.8 Å². The van der Waals surface area contributed by atoms with Gasteiger partial charge in [-0.2, -0.15) is 5.26 Å². The second-order valence-corrected chi connectivity index (χ2v) is 2.53. The molecule has 0 amide bonds. The number of hydrogen-bond donors (Lipinski definition) is 0. The summed E-state index contributed by atoms with van der Waals surface area (Å²) >= 11 is 0. The van der Waals surface area contributed by atoms with Crippen LogP contribution in [0.15, 0.2) is 11.6 Å². The van der Waals surface area contributed by atoms with Gasteiger partial charge in [0.2, 0.25) is 0 Å². The molecule has 0 fully saturated rings. The van der Waals surface area contributed by atoms with Gasteiger partial charge in [-0.25, -0.2) is 0 Å². The standard InChI is InChI=1S/C8H14N2/c1-5-7(2)8(6-9)10(3)4/h5,8H,1-4H3/b7-5+. The molecule has 0 aliphatic heterocycles. The van der Waals surface area contributed by atoms with Crippen molar-refractivity contribution in [2.75, 3.05) is 14.1 Å². The molecule has 1 atom stereocenters. The van der Waals surface area contributed by atoms with Crippen LogP contribution in [-0.2, 0) is 0 Å². The maximum atomic E-state index is 8.67. The first-order chi connectivity index (χ1) is 4.63. The van der Waals surface area contributed by atoms with Crippen molar-refractivity contribution in [1.29, 1.82) is 5.26 Å². The molecule has 0 saturated heterocycles. The predicted octanol–water partition coefficient (Wildman–Crippen LogP) is 1.41. The molecule has 2 heteroatoms. The molecule has 0 saturated carbocycles. The molecule has 10 heavy (non-hydrogen) atoms. The van der Waals surface area contributed by atoms with E-state index < -0.39 is 0 Å². The number of nitrogens with zero attached hydrogens (tertiary/aromatic N) is 2. The molecule has 2 nitrogen and oxygen atoms in total. The predicted molar refractivity (Wildman–Crippen MR) is 42.5 cm³/mol. The third kappa shape index (κ3) is 2.20. The number of nitriles is 1. The van der Waals surface area contributed by atoms with Crippen LogP contribution in [0, 0.1) is 11.3 Å². The van der Waals surface area contributed by atoms with Crippen molar-refractivity contribution in [3.63, 3.8) is 0 Å².